The minimum atomic E-state index is -0.403. The van der Waals surface area contributed by atoms with Gasteiger partial charge in [-0.2, -0.15) is 0 Å². The zero-order valence-corrected chi connectivity index (χ0v) is 11.6. The van der Waals surface area contributed by atoms with Crippen LogP contribution >= 0.6 is 0 Å². The van der Waals surface area contributed by atoms with E-state index in [1.807, 2.05) is 18.2 Å². The Labute approximate surface area is 119 Å². The lowest BCUT2D eigenvalue weighted by Crippen LogP contribution is -2.36. The zero-order valence-electron chi connectivity index (χ0n) is 11.6. The van der Waals surface area contributed by atoms with Gasteiger partial charge in [0.25, 0.3) is 5.56 Å². The summed E-state index contributed by atoms with van der Waals surface area (Å²) in [6.45, 7) is 0. The molecule has 0 unspecified atom stereocenters. The smallest absolute Gasteiger partial charge is 0.332 e. The molecule has 0 saturated carbocycles. The van der Waals surface area contributed by atoms with Crippen LogP contribution in [0.5, 0.6) is 0 Å². The highest BCUT2D eigenvalue weighted by Gasteiger charge is 2.11. The highest BCUT2D eigenvalue weighted by molar-refractivity contribution is 5.74. The maximum Gasteiger partial charge on any atom is 0.332 e. The third kappa shape index (κ3) is 2.18. The molecular formula is C14H13N5O2. The van der Waals surface area contributed by atoms with Gasteiger partial charge in [-0.25, -0.2) is 9.78 Å². The van der Waals surface area contributed by atoms with Crippen molar-refractivity contribution in [2.45, 2.75) is 0 Å². The van der Waals surface area contributed by atoms with Gasteiger partial charge in [-0.05, 0) is 24.3 Å². The summed E-state index contributed by atoms with van der Waals surface area (Å²) < 4.78 is 2.39. The minimum absolute atomic E-state index is 0.306. The second kappa shape index (κ2) is 4.86. The van der Waals surface area contributed by atoms with Crippen molar-refractivity contribution in [1.29, 1.82) is 0 Å². The van der Waals surface area contributed by atoms with Gasteiger partial charge in [0.2, 0.25) is 0 Å². The third-order valence-electron chi connectivity index (χ3n) is 3.21. The molecule has 0 atom stereocenters. The highest BCUT2D eigenvalue weighted by atomic mass is 16.2. The van der Waals surface area contributed by atoms with Crippen LogP contribution in [0.25, 0.3) is 23.3 Å². The van der Waals surface area contributed by atoms with Crippen molar-refractivity contribution in [1.82, 2.24) is 24.1 Å². The molecule has 3 rings (SSSR count). The molecule has 0 aliphatic heterocycles. The van der Waals surface area contributed by atoms with Crippen LogP contribution in [-0.2, 0) is 14.1 Å². The van der Waals surface area contributed by atoms with Crippen LogP contribution in [0.3, 0.4) is 0 Å². The summed E-state index contributed by atoms with van der Waals surface area (Å²) >= 11 is 0. The maximum atomic E-state index is 12.0. The fourth-order valence-corrected chi connectivity index (χ4v) is 2.06. The molecule has 0 aliphatic rings. The lowest BCUT2D eigenvalue weighted by molar-refractivity contribution is 0.709. The van der Waals surface area contributed by atoms with Gasteiger partial charge in [0.1, 0.15) is 11.3 Å². The molecule has 3 aromatic heterocycles. The van der Waals surface area contributed by atoms with E-state index in [2.05, 4.69) is 15.0 Å². The second-order valence-corrected chi connectivity index (χ2v) is 4.61. The van der Waals surface area contributed by atoms with Crippen LogP contribution in [0.2, 0.25) is 0 Å². The number of aryl methyl sites for hydroxylation is 1. The Hall–Kier alpha value is -2.96. The van der Waals surface area contributed by atoms with Crippen LogP contribution < -0.4 is 11.2 Å². The van der Waals surface area contributed by atoms with E-state index in [0.29, 0.717) is 17.0 Å². The predicted molar refractivity (Wildman–Crippen MR) is 79.7 cm³/mol. The number of imidazole rings is 1. The summed E-state index contributed by atoms with van der Waals surface area (Å²) in [5.74, 6) is 0.494. The molecular weight excluding hydrogens is 270 g/mol. The average Bonchev–Trinajstić information content (AvgIpc) is 2.94. The molecule has 0 radical (unpaired) electrons. The Morgan fingerprint density at radius 2 is 1.95 bits per heavy atom. The van der Waals surface area contributed by atoms with Crippen molar-refractivity contribution in [3.63, 3.8) is 0 Å². The van der Waals surface area contributed by atoms with Gasteiger partial charge in [0.05, 0.1) is 5.69 Å². The van der Waals surface area contributed by atoms with Gasteiger partial charge in [0, 0.05) is 20.3 Å². The molecule has 7 heteroatoms. The molecule has 1 N–H and O–H groups in total. The van der Waals surface area contributed by atoms with Crippen molar-refractivity contribution in [2.75, 3.05) is 0 Å². The van der Waals surface area contributed by atoms with Gasteiger partial charge in [-0.1, -0.05) is 6.07 Å². The van der Waals surface area contributed by atoms with Gasteiger partial charge < -0.3 is 4.98 Å². The van der Waals surface area contributed by atoms with E-state index in [4.69, 9.17) is 0 Å². The molecule has 21 heavy (non-hydrogen) atoms. The van der Waals surface area contributed by atoms with E-state index in [9.17, 15) is 9.59 Å². The third-order valence-corrected chi connectivity index (χ3v) is 3.21. The molecule has 0 aromatic carbocycles. The molecule has 0 saturated heterocycles. The quantitative estimate of drug-likeness (QED) is 0.743. The number of nitrogens with zero attached hydrogens (tertiary/aromatic N) is 4. The van der Waals surface area contributed by atoms with Crippen molar-refractivity contribution >= 4 is 23.3 Å². The van der Waals surface area contributed by atoms with E-state index < -0.39 is 11.2 Å². The zero-order chi connectivity index (χ0) is 15.0. The minimum Gasteiger partial charge on any atom is -0.333 e. The fourth-order valence-electron chi connectivity index (χ4n) is 2.06. The molecule has 106 valence electrons. The molecule has 3 aromatic rings. The second-order valence-electron chi connectivity index (χ2n) is 4.61. The number of aromatic nitrogens is 5. The summed E-state index contributed by atoms with van der Waals surface area (Å²) in [4.78, 5) is 35.2. The molecule has 0 bridgehead atoms. The van der Waals surface area contributed by atoms with Crippen LogP contribution in [0, 0.1) is 0 Å². The number of aromatic amines is 1. The molecule has 7 nitrogen and oxygen atoms in total. The van der Waals surface area contributed by atoms with E-state index >= 15 is 0 Å². The summed E-state index contributed by atoms with van der Waals surface area (Å²) in [5, 5.41) is 0. The topological polar surface area (TPSA) is 85.6 Å². The number of fused-ring (bicyclic) bond motifs is 1. The number of rotatable bonds is 2. The monoisotopic (exact) mass is 283 g/mol. The fraction of sp³-hybridized carbons (Fsp3) is 0.143. The Kier molecular flexibility index (Phi) is 3.02. The summed E-state index contributed by atoms with van der Waals surface area (Å²) in [7, 11) is 3.02. The Balaban J connectivity index is 2.13. The Morgan fingerprint density at radius 1 is 1.14 bits per heavy atom. The maximum absolute atomic E-state index is 12.0. The van der Waals surface area contributed by atoms with Gasteiger partial charge >= 0.3 is 5.69 Å². The standard InChI is InChI=1S/C14H13N5O2/c1-18-12-11(13(20)19(2)14(18)21)16-10(17-12)7-6-9-5-3-4-8-15-9/h3-8H,1-2H3,(H,16,17). The average molecular weight is 283 g/mol. The first-order valence-corrected chi connectivity index (χ1v) is 6.33. The predicted octanol–water partition coefficient (Wildman–Crippen LogP) is 0.526. The Morgan fingerprint density at radius 3 is 2.67 bits per heavy atom. The van der Waals surface area contributed by atoms with E-state index in [0.717, 1.165) is 10.3 Å². The first-order chi connectivity index (χ1) is 10.1. The lowest BCUT2D eigenvalue weighted by atomic mass is 10.3. The van der Waals surface area contributed by atoms with Gasteiger partial charge in [-0.15, -0.1) is 0 Å². The highest BCUT2D eigenvalue weighted by Crippen LogP contribution is 2.07. The number of nitrogens with one attached hydrogen (secondary N) is 1. The van der Waals surface area contributed by atoms with Gasteiger partial charge in [0.15, 0.2) is 5.65 Å². The Bertz CT molecular complexity index is 947. The number of hydrogen-bond donors (Lipinski definition) is 1. The SMILES string of the molecule is Cn1c(=O)c2[nH]c(C=Cc3ccccn3)nc2n(C)c1=O. The summed E-state index contributed by atoms with van der Waals surface area (Å²) in [6.07, 6.45) is 5.18. The van der Waals surface area contributed by atoms with Crippen LogP contribution in [-0.4, -0.2) is 24.1 Å². The van der Waals surface area contributed by atoms with E-state index in [1.165, 1.54) is 11.6 Å². The number of hydrogen-bond acceptors (Lipinski definition) is 4. The number of pyridine rings is 1. The number of H-pyrrole nitrogens is 1. The first kappa shape index (κ1) is 13.0. The van der Waals surface area contributed by atoms with Crippen LogP contribution in [0.1, 0.15) is 11.5 Å². The molecule has 0 fully saturated rings. The first-order valence-electron chi connectivity index (χ1n) is 6.33. The normalized spacial score (nSPS) is 11.5. The molecule has 0 aliphatic carbocycles. The molecule has 0 spiro atoms. The van der Waals surface area contributed by atoms with E-state index in [-0.39, 0.29) is 0 Å². The summed E-state index contributed by atoms with van der Waals surface area (Å²) in [6, 6.07) is 5.57. The van der Waals surface area contributed by atoms with Crippen molar-refractivity contribution in [2.24, 2.45) is 14.1 Å². The molecule has 3 heterocycles. The molecule has 0 amide bonds. The van der Waals surface area contributed by atoms with Crippen LogP contribution in [0.15, 0.2) is 34.0 Å². The van der Waals surface area contributed by atoms with Gasteiger partial charge in [-0.3, -0.25) is 18.9 Å². The largest absolute Gasteiger partial charge is 0.333 e. The van der Waals surface area contributed by atoms with Crippen molar-refractivity contribution < 1.29 is 0 Å². The lowest BCUT2D eigenvalue weighted by Gasteiger charge is -2.00. The van der Waals surface area contributed by atoms with Crippen LogP contribution in [0.4, 0.5) is 0 Å². The summed E-state index contributed by atoms with van der Waals surface area (Å²) in [5.41, 5.74) is 0.626. The van der Waals surface area contributed by atoms with Crippen molar-refractivity contribution in [3.05, 3.63) is 56.8 Å². The van der Waals surface area contributed by atoms with Crippen molar-refractivity contribution in [3.8, 4) is 0 Å². The van der Waals surface area contributed by atoms with E-state index in [1.54, 1.807) is 25.4 Å².